The number of carbonyl (C=O) groups is 1. The van der Waals surface area contributed by atoms with Crippen LogP contribution in [0, 0.1) is 6.92 Å². The highest BCUT2D eigenvalue weighted by Crippen LogP contribution is 2.26. The van der Waals surface area contributed by atoms with E-state index in [0.717, 1.165) is 20.4 Å². The molecule has 0 bridgehead atoms. The second-order valence-electron chi connectivity index (χ2n) is 4.64. The van der Waals surface area contributed by atoms with Crippen LogP contribution >= 0.6 is 27.3 Å². The van der Waals surface area contributed by atoms with E-state index in [1.54, 1.807) is 6.07 Å². The molecule has 0 saturated carbocycles. The Labute approximate surface area is 128 Å². The molecule has 3 nitrogen and oxygen atoms in total. The van der Waals surface area contributed by atoms with Gasteiger partial charge in [-0.2, -0.15) is 0 Å². The van der Waals surface area contributed by atoms with Crippen molar-refractivity contribution < 1.29 is 9.90 Å². The number of fused-ring (bicyclic) bond motifs is 1. The van der Waals surface area contributed by atoms with Crippen molar-refractivity contribution >= 4 is 44.1 Å². The molecular weight excluding hydrogens is 338 g/mol. The van der Waals surface area contributed by atoms with Gasteiger partial charge in [-0.1, -0.05) is 22.0 Å². The van der Waals surface area contributed by atoms with Gasteiger partial charge in [-0.3, -0.25) is 0 Å². The van der Waals surface area contributed by atoms with Crippen LogP contribution in [0.15, 0.2) is 41.0 Å². The molecule has 0 atom stereocenters. The van der Waals surface area contributed by atoms with Gasteiger partial charge in [0.1, 0.15) is 4.88 Å². The van der Waals surface area contributed by atoms with Crippen LogP contribution in [0.25, 0.3) is 10.9 Å². The maximum atomic E-state index is 11.0. The molecule has 3 aromatic rings. The van der Waals surface area contributed by atoms with E-state index in [1.807, 2.05) is 19.2 Å². The number of rotatable bonds is 3. The molecule has 0 unspecified atom stereocenters. The van der Waals surface area contributed by atoms with E-state index in [9.17, 15) is 4.79 Å². The number of halogens is 1. The van der Waals surface area contributed by atoms with Crippen LogP contribution in [0.4, 0.5) is 0 Å². The van der Waals surface area contributed by atoms with Crippen LogP contribution in [0.3, 0.4) is 0 Å². The molecule has 102 valence electrons. The summed E-state index contributed by atoms with van der Waals surface area (Å²) < 4.78 is 3.18. The zero-order chi connectivity index (χ0) is 14.3. The van der Waals surface area contributed by atoms with Gasteiger partial charge in [-0.05, 0) is 42.1 Å². The molecule has 1 N–H and O–H groups in total. The first-order valence-corrected chi connectivity index (χ1v) is 7.72. The van der Waals surface area contributed by atoms with Gasteiger partial charge in [-0.25, -0.2) is 4.79 Å². The number of aromatic carboxylic acids is 1. The average molecular weight is 350 g/mol. The number of hydrogen-bond donors (Lipinski definition) is 1. The smallest absolute Gasteiger partial charge is 0.345 e. The van der Waals surface area contributed by atoms with Crippen molar-refractivity contribution in [3.8, 4) is 0 Å². The van der Waals surface area contributed by atoms with E-state index in [0.29, 0.717) is 11.4 Å². The molecule has 1 aromatic carbocycles. The lowest BCUT2D eigenvalue weighted by atomic mass is 10.2. The fourth-order valence-electron chi connectivity index (χ4n) is 2.26. The second-order valence-corrected chi connectivity index (χ2v) is 6.82. The first-order chi connectivity index (χ1) is 9.54. The highest BCUT2D eigenvalue weighted by atomic mass is 79.9. The highest BCUT2D eigenvalue weighted by Gasteiger charge is 2.12. The predicted octanol–water partition coefficient (Wildman–Crippen LogP) is 4.52. The maximum Gasteiger partial charge on any atom is 0.345 e. The summed E-state index contributed by atoms with van der Waals surface area (Å²) in [6.45, 7) is 2.66. The quantitative estimate of drug-likeness (QED) is 0.755. The summed E-state index contributed by atoms with van der Waals surface area (Å²) in [6.07, 6.45) is 2.04. The van der Waals surface area contributed by atoms with E-state index in [2.05, 4.69) is 38.7 Å². The molecule has 20 heavy (non-hydrogen) atoms. The topological polar surface area (TPSA) is 42.2 Å². The minimum atomic E-state index is -0.857. The largest absolute Gasteiger partial charge is 0.477 e. The minimum Gasteiger partial charge on any atom is -0.477 e. The van der Waals surface area contributed by atoms with Crippen molar-refractivity contribution in [2.75, 3.05) is 0 Å². The Morgan fingerprint density at radius 3 is 2.85 bits per heavy atom. The van der Waals surface area contributed by atoms with Gasteiger partial charge in [0, 0.05) is 27.6 Å². The molecule has 0 spiro atoms. The van der Waals surface area contributed by atoms with Gasteiger partial charge in [-0.15, -0.1) is 11.3 Å². The van der Waals surface area contributed by atoms with Gasteiger partial charge in [0.25, 0.3) is 0 Å². The average Bonchev–Trinajstić information content (AvgIpc) is 2.95. The number of carboxylic acid groups (broad SMARTS) is 1. The Hall–Kier alpha value is -1.59. The fourth-order valence-corrected chi connectivity index (χ4v) is 3.48. The van der Waals surface area contributed by atoms with E-state index < -0.39 is 5.97 Å². The zero-order valence-electron chi connectivity index (χ0n) is 10.8. The molecule has 0 saturated heterocycles. The van der Waals surface area contributed by atoms with Gasteiger partial charge in [0.2, 0.25) is 0 Å². The molecule has 2 aromatic heterocycles. The van der Waals surface area contributed by atoms with Crippen molar-refractivity contribution in [1.29, 1.82) is 0 Å². The van der Waals surface area contributed by atoms with E-state index in [1.165, 1.54) is 16.7 Å². The summed E-state index contributed by atoms with van der Waals surface area (Å²) in [5, 5.41) is 10.2. The number of aromatic nitrogens is 1. The Bertz CT molecular complexity index is 803. The second kappa shape index (κ2) is 5.07. The number of carboxylic acids is 1. The third-order valence-electron chi connectivity index (χ3n) is 3.31. The third kappa shape index (κ3) is 2.39. The standard InChI is InChI=1S/C15H12BrNO2S/c1-9-11(6-14(20-9)15(18)19)8-17-5-4-10-2-3-12(16)7-13(10)17/h2-7H,8H2,1H3,(H,18,19). The zero-order valence-corrected chi connectivity index (χ0v) is 13.2. The summed E-state index contributed by atoms with van der Waals surface area (Å²) in [7, 11) is 0. The Morgan fingerprint density at radius 2 is 2.15 bits per heavy atom. The van der Waals surface area contributed by atoms with Gasteiger partial charge >= 0.3 is 5.97 Å². The molecule has 0 aliphatic heterocycles. The summed E-state index contributed by atoms with van der Waals surface area (Å²) in [4.78, 5) is 12.5. The van der Waals surface area contributed by atoms with Gasteiger partial charge in [0.15, 0.2) is 0 Å². The van der Waals surface area contributed by atoms with Gasteiger partial charge < -0.3 is 9.67 Å². The summed E-state index contributed by atoms with van der Waals surface area (Å²) >= 11 is 4.82. The van der Waals surface area contributed by atoms with Crippen LogP contribution in [0.5, 0.6) is 0 Å². The summed E-state index contributed by atoms with van der Waals surface area (Å²) in [6, 6.07) is 10.0. The van der Waals surface area contributed by atoms with Crippen LogP contribution in [-0.2, 0) is 6.54 Å². The van der Waals surface area contributed by atoms with E-state index >= 15 is 0 Å². The summed E-state index contributed by atoms with van der Waals surface area (Å²) in [5.41, 5.74) is 2.20. The molecule has 3 rings (SSSR count). The Morgan fingerprint density at radius 1 is 1.35 bits per heavy atom. The molecule has 0 amide bonds. The number of thiophene rings is 1. The monoisotopic (exact) mass is 349 g/mol. The highest BCUT2D eigenvalue weighted by molar-refractivity contribution is 9.10. The molecule has 2 heterocycles. The van der Waals surface area contributed by atoms with Gasteiger partial charge in [0.05, 0.1) is 0 Å². The fraction of sp³-hybridized carbons (Fsp3) is 0.133. The maximum absolute atomic E-state index is 11.0. The molecular formula is C15H12BrNO2S. The van der Waals surface area contributed by atoms with E-state index in [-0.39, 0.29) is 0 Å². The van der Waals surface area contributed by atoms with E-state index in [4.69, 9.17) is 5.11 Å². The third-order valence-corrected chi connectivity index (χ3v) is 4.88. The SMILES string of the molecule is Cc1sc(C(=O)O)cc1Cn1ccc2ccc(Br)cc21. The van der Waals surface area contributed by atoms with Crippen LogP contribution in [-0.4, -0.2) is 15.6 Å². The molecule has 0 fully saturated rings. The van der Waals surface area contributed by atoms with Crippen LogP contribution in [0.2, 0.25) is 0 Å². The number of hydrogen-bond acceptors (Lipinski definition) is 2. The molecule has 0 aliphatic rings. The lowest BCUT2D eigenvalue weighted by Gasteiger charge is -2.05. The number of benzene rings is 1. The van der Waals surface area contributed by atoms with Crippen molar-refractivity contribution in [2.24, 2.45) is 0 Å². The number of nitrogens with zero attached hydrogens (tertiary/aromatic N) is 1. The van der Waals surface area contributed by atoms with Crippen LogP contribution < -0.4 is 0 Å². The lowest BCUT2D eigenvalue weighted by molar-refractivity contribution is 0.0702. The number of aryl methyl sites for hydroxylation is 1. The van der Waals surface area contributed by atoms with Crippen molar-refractivity contribution in [3.05, 3.63) is 56.3 Å². The molecule has 5 heteroatoms. The lowest BCUT2D eigenvalue weighted by Crippen LogP contribution is -1.98. The molecule has 0 aliphatic carbocycles. The van der Waals surface area contributed by atoms with Crippen molar-refractivity contribution in [1.82, 2.24) is 4.57 Å². The first-order valence-electron chi connectivity index (χ1n) is 6.11. The Balaban J connectivity index is 2.01. The summed E-state index contributed by atoms with van der Waals surface area (Å²) in [5.74, 6) is -0.857. The normalized spacial score (nSPS) is 11.1. The van der Waals surface area contributed by atoms with Crippen LogP contribution in [0.1, 0.15) is 20.1 Å². The predicted molar refractivity (Wildman–Crippen MR) is 84.8 cm³/mol. The minimum absolute atomic E-state index is 0.398. The Kier molecular flexibility index (Phi) is 3.40. The molecule has 0 radical (unpaired) electrons. The van der Waals surface area contributed by atoms with Crippen molar-refractivity contribution in [2.45, 2.75) is 13.5 Å². The van der Waals surface area contributed by atoms with Crippen molar-refractivity contribution in [3.63, 3.8) is 0 Å². The first kappa shape index (κ1) is 13.4.